The van der Waals surface area contributed by atoms with E-state index in [0.717, 1.165) is 31.4 Å². The smallest absolute Gasteiger partial charge is 0.197 e. The van der Waals surface area contributed by atoms with Crippen LogP contribution < -0.4 is 9.75 Å². The number of nitrogens with one attached hydrogen (secondary N) is 1. The van der Waals surface area contributed by atoms with Gasteiger partial charge < -0.3 is 14.7 Å². The van der Waals surface area contributed by atoms with Gasteiger partial charge in [0.15, 0.2) is 16.3 Å². The van der Waals surface area contributed by atoms with E-state index in [1.165, 1.54) is 19.6 Å². The molecule has 1 aromatic carbocycles. The molecule has 0 atom stereocenters. The van der Waals surface area contributed by atoms with Crippen LogP contribution in [0.3, 0.4) is 0 Å². The van der Waals surface area contributed by atoms with Crippen molar-refractivity contribution in [3.05, 3.63) is 22.7 Å². The molecule has 0 amide bonds. The summed E-state index contributed by atoms with van der Waals surface area (Å²) in [7, 11) is 1.47. The minimum atomic E-state index is -0.378. The van der Waals surface area contributed by atoms with Gasteiger partial charge in [-0.25, -0.2) is 9.07 Å². The molecule has 1 saturated heterocycles. The Bertz CT molecular complexity index is 658. The molecular formula is C13H16FN3OS. The summed E-state index contributed by atoms with van der Waals surface area (Å²) in [6.45, 7) is 1.95. The van der Waals surface area contributed by atoms with Crippen molar-refractivity contribution in [3.63, 3.8) is 0 Å². The first-order valence-electron chi connectivity index (χ1n) is 6.44. The first-order chi connectivity index (χ1) is 9.20. The molecule has 2 aromatic rings. The van der Waals surface area contributed by atoms with Crippen molar-refractivity contribution in [3.8, 4) is 5.75 Å². The third-order valence-corrected chi connectivity index (χ3v) is 3.82. The number of nitrogens with zero attached hydrogens (tertiary/aromatic N) is 2. The van der Waals surface area contributed by atoms with E-state index in [4.69, 9.17) is 17.0 Å². The zero-order valence-corrected chi connectivity index (χ0v) is 11.6. The van der Waals surface area contributed by atoms with Gasteiger partial charge in [0.25, 0.3) is 0 Å². The number of rotatable bonds is 2. The average Bonchev–Trinajstić information content (AvgIpc) is 2.73. The number of ether oxygens (including phenoxy) is 1. The van der Waals surface area contributed by atoms with Gasteiger partial charge in [0, 0.05) is 25.2 Å². The van der Waals surface area contributed by atoms with Crippen LogP contribution in [0.15, 0.2) is 12.1 Å². The van der Waals surface area contributed by atoms with E-state index < -0.39 is 0 Å². The third kappa shape index (κ3) is 2.10. The van der Waals surface area contributed by atoms with Crippen molar-refractivity contribution >= 4 is 23.3 Å². The highest BCUT2D eigenvalue weighted by Crippen LogP contribution is 2.25. The Balaban J connectivity index is 2.17. The molecule has 102 valence electrons. The maximum atomic E-state index is 13.7. The van der Waals surface area contributed by atoms with Gasteiger partial charge in [0.1, 0.15) is 0 Å². The van der Waals surface area contributed by atoms with E-state index in [1.54, 1.807) is 6.07 Å². The highest BCUT2D eigenvalue weighted by atomic mass is 32.1. The van der Waals surface area contributed by atoms with Crippen LogP contribution in [0, 0.1) is 10.6 Å². The van der Waals surface area contributed by atoms with E-state index in [2.05, 4.69) is 9.99 Å². The maximum Gasteiger partial charge on any atom is 0.197 e. The Hall–Kier alpha value is -1.56. The lowest BCUT2D eigenvalue weighted by molar-refractivity contribution is 0.387. The normalized spacial score (nSPS) is 16.0. The van der Waals surface area contributed by atoms with E-state index in [0.29, 0.717) is 10.3 Å². The Morgan fingerprint density at radius 1 is 1.26 bits per heavy atom. The quantitative estimate of drug-likeness (QED) is 0.859. The van der Waals surface area contributed by atoms with E-state index in [1.807, 2.05) is 4.68 Å². The van der Waals surface area contributed by atoms with E-state index in [9.17, 15) is 4.39 Å². The molecule has 0 saturated carbocycles. The summed E-state index contributed by atoms with van der Waals surface area (Å²) < 4.78 is 21.3. The summed E-state index contributed by atoms with van der Waals surface area (Å²) in [6.07, 6.45) is 3.57. The number of H-pyrrole nitrogens is 1. The van der Waals surface area contributed by atoms with Gasteiger partial charge in [0.05, 0.1) is 18.1 Å². The zero-order chi connectivity index (χ0) is 13.4. The van der Waals surface area contributed by atoms with Crippen molar-refractivity contribution in [2.75, 3.05) is 25.2 Å². The molecule has 6 heteroatoms. The predicted molar refractivity (Wildman–Crippen MR) is 75.4 cm³/mol. The van der Waals surface area contributed by atoms with Gasteiger partial charge in [-0.05, 0) is 31.5 Å². The minimum absolute atomic E-state index is 0.243. The van der Waals surface area contributed by atoms with Crippen LogP contribution in [0.5, 0.6) is 5.75 Å². The van der Waals surface area contributed by atoms with Gasteiger partial charge >= 0.3 is 0 Å². The second kappa shape index (κ2) is 4.85. The molecule has 1 aromatic heterocycles. The summed E-state index contributed by atoms with van der Waals surface area (Å²) in [5.41, 5.74) is 1.57. The zero-order valence-electron chi connectivity index (χ0n) is 10.8. The number of methoxy groups -OCH3 is 1. The Kier molecular flexibility index (Phi) is 3.18. The van der Waals surface area contributed by atoms with Gasteiger partial charge in [-0.3, -0.25) is 0 Å². The second-order valence-corrected chi connectivity index (χ2v) is 5.15. The molecular weight excluding hydrogens is 265 g/mol. The number of imidazole rings is 1. The number of halogens is 1. The molecule has 1 aliphatic rings. The van der Waals surface area contributed by atoms with Gasteiger partial charge in [-0.1, -0.05) is 0 Å². The lowest BCUT2D eigenvalue weighted by atomic mass is 10.2. The molecule has 0 spiro atoms. The standard InChI is InChI=1S/C13H16FN3OS/c1-18-12-8-11-10(7-9(12)14)15-13(19)17(11)16-5-3-2-4-6-16/h7-8H,2-6H2,1H3,(H,15,19). The van der Waals surface area contributed by atoms with Gasteiger partial charge in [-0.2, -0.15) is 0 Å². The van der Waals surface area contributed by atoms with Crippen molar-refractivity contribution in [1.29, 1.82) is 0 Å². The predicted octanol–water partition coefficient (Wildman–Crippen LogP) is 2.97. The summed E-state index contributed by atoms with van der Waals surface area (Å²) >= 11 is 5.36. The lowest BCUT2D eigenvalue weighted by Crippen LogP contribution is -2.39. The molecule has 1 N–H and O–H groups in total. The second-order valence-electron chi connectivity index (χ2n) is 4.76. The van der Waals surface area contributed by atoms with Crippen LogP contribution in [0.2, 0.25) is 0 Å². The van der Waals surface area contributed by atoms with Crippen molar-refractivity contribution in [1.82, 2.24) is 9.66 Å². The summed E-state index contributed by atoms with van der Waals surface area (Å²) in [4.78, 5) is 3.06. The molecule has 0 aliphatic carbocycles. The number of hydrogen-bond acceptors (Lipinski definition) is 3. The fraction of sp³-hybridized carbons (Fsp3) is 0.462. The van der Waals surface area contributed by atoms with Crippen LogP contribution >= 0.6 is 12.2 Å². The summed E-state index contributed by atoms with van der Waals surface area (Å²) in [6, 6.07) is 3.13. The number of piperidine rings is 1. The van der Waals surface area contributed by atoms with Crippen LogP contribution in [-0.2, 0) is 0 Å². The molecule has 19 heavy (non-hydrogen) atoms. The summed E-state index contributed by atoms with van der Waals surface area (Å²) in [5, 5.41) is 2.21. The molecule has 1 fully saturated rings. The highest BCUT2D eigenvalue weighted by Gasteiger charge is 2.16. The molecule has 1 aliphatic heterocycles. The van der Waals surface area contributed by atoms with E-state index in [-0.39, 0.29) is 11.6 Å². The largest absolute Gasteiger partial charge is 0.494 e. The van der Waals surface area contributed by atoms with Crippen LogP contribution in [-0.4, -0.2) is 29.9 Å². The van der Waals surface area contributed by atoms with Crippen molar-refractivity contribution in [2.24, 2.45) is 0 Å². The number of hydrogen-bond donors (Lipinski definition) is 1. The van der Waals surface area contributed by atoms with E-state index >= 15 is 0 Å². The summed E-state index contributed by atoms with van der Waals surface area (Å²) in [5.74, 6) is -0.135. The fourth-order valence-electron chi connectivity index (χ4n) is 2.61. The molecule has 0 unspecified atom stereocenters. The number of aromatic nitrogens is 2. The van der Waals surface area contributed by atoms with Gasteiger partial charge in [0.2, 0.25) is 0 Å². The maximum absolute atomic E-state index is 13.7. The van der Waals surface area contributed by atoms with Crippen LogP contribution in [0.1, 0.15) is 19.3 Å². The Labute approximate surface area is 115 Å². The monoisotopic (exact) mass is 281 g/mol. The number of benzene rings is 1. The first-order valence-corrected chi connectivity index (χ1v) is 6.85. The topological polar surface area (TPSA) is 33.2 Å². The fourth-order valence-corrected chi connectivity index (χ4v) is 2.93. The Morgan fingerprint density at radius 3 is 2.68 bits per heavy atom. The molecule has 3 rings (SSSR count). The van der Waals surface area contributed by atoms with Gasteiger partial charge in [-0.15, -0.1) is 0 Å². The molecule has 2 heterocycles. The molecule has 0 bridgehead atoms. The average molecular weight is 281 g/mol. The highest BCUT2D eigenvalue weighted by molar-refractivity contribution is 7.71. The molecule has 0 radical (unpaired) electrons. The minimum Gasteiger partial charge on any atom is -0.494 e. The number of fused-ring (bicyclic) bond motifs is 1. The van der Waals surface area contributed by atoms with Crippen molar-refractivity contribution < 1.29 is 9.13 Å². The number of aromatic amines is 1. The van der Waals surface area contributed by atoms with Crippen molar-refractivity contribution in [2.45, 2.75) is 19.3 Å². The SMILES string of the molecule is COc1cc2c(cc1F)[nH]c(=S)n2N1CCCCC1. The molecule has 4 nitrogen and oxygen atoms in total. The third-order valence-electron chi connectivity index (χ3n) is 3.55. The van der Waals surface area contributed by atoms with Crippen LogP contribution in [0.25, 0.3) is 11.0 Å². The Morgan fingerprint density at radius 2 is 2.00 bits per heavy atom. The lowest BCUT2D eigenvalue weighted by Gasteiger charge is -2.29. The first kappa shape index (κ1) is 12.5. The van der Waals surface area contributed by atoms with Crippen LogP contribution in [0.4, 0.5) is 4.39 Å².